The van der Waals surface area contributed by atoms with E-state index in [4.69, 9.17) is 5.11 Å². The second-order valence-electron chi connectivity index (χ2n) is 3.73. The molecule has 1 rings (SSSR count). The average Bonchev–Trinajstić information content (AvgIpc) is 2.25. The minimum Gasteiger partial charge on any atom is -0.396 e. The SMILES string of the molecule is CC(CO)CNCCc1ccccc1.Cl. The first kappa shape index (κ1) is 14.4. The van der Waals surface area contributed by atoms with Crippen LogP contribution in [0, 0.1) is 5.92 Å². The van der Waals surface area contributed by atoms with Gasteiger partial charge in [0.1, 0.15) is 0 Å². The number of aliphatic hydroxyl groups excluding tert-OH is 1. The van der Waals surface area contributed by atoms with Gasteiger partial charge in [-0.05, 0) is 31.0 Å². The second-order valence-corrected chi connectivity index (χ2v) is 3.73. The third kappa shape index (κ3) is 6.50. The Morgan fingerprint density at radius 3 is 2.53 bits per heavy atom. The summed E-state index contributed by atoms with van der Waals surface area (Å²) in [5, 5.41) is 12.1. The van der Waals surface area contributed by atoms with Gasteiger partial charge in [-0.2, -0.15) is 0 Å². The highest BCUT2D eigenvalue weighted by Crippen LogP contribution is 1.98. The molecule has 0 bridgehead atoms. The van der Waals surface area contributed by atoms with Gasteiger partial charge in [0.25, 0.3) is 0 Å². The summed E-state index contributed by atoms with van der Waals surface area (Å²) in [5.74, 6) is 0.353. The Bertz CT molecular complexity index is 241. The number of aliphatic hydroxyl groups is 1. The van der Waals surface area contributed by atoms with Gasteiger partial charge in [-0.1, -0.05) is 37.3 Å². The van der Waals surface area contributed by atoms with Crippen molar-refractivity contribution < 1.29 is 5.11 Å². The molecule has 0 saturated carbocycles. The van der Waals surface area contributed by atoms with Crippen LogP contribution in [0.3, 0.4) is 0 Å². The molecular weight excluding hydrogens is 210 g/mol. The molecule has 0 aliphatic carbocycles. The maximum atomic E-state index is 8.81. The normalized spacial score (nSPS) is 11.9. The Kier molecular flexibility index (Phi) is 8.38. The van der Waals surface area contributed by atoms with Crippen LogP contribution in [0.5, 0.6) is 0 Å². The van der Waals surface area contributed by atoms with Crippen molar-refractivity contribution in [2.75, 3.05) is 19.7 Å². The summed E-state index contributed by atoms with van der Waals surface area (Å²) in [4.78, 5) is 0. The Balaban J connectivity index is 0.00000196. The van der Waals surface area contributed by atoms with Gasteiger partial charge in [0.15, 0.2) is 0 Å². The molecule has 1 atom stereocenters. The summed E-state index contributed by atoms with van der Waals surface area (Å²) in [5.41, 5.74) is 1.36. The van der Waals surface area contributed by atoms with Crippen LogP contribution in [0.25, 0.3) is 0 Å². The van der Waals surface area contributed by atoms with Gasteiger partial charge in [0.05, 0.1) is 0 Å². The highest BCUT2D eigenvalue weighted by molar-refractivity contribution is 5.85. The molecule has 15 heavy (non-hydrogen) atoms. The van der Waals surface area contributed by atoms with Crippen LogP contribution in [0.4, 0.5) is 0 Å². The van der Waals surface area contributed by atoms with Crippen molar-refractivity contribution in [1.29, 1.82) is 0 Å². The van der Waals surface area contributed by atoms with E-state index in [0.717, 1.165) is 19.5 Å². The van der Waals surface area contributed by atoms with Gasteiger partial charge in [0.2, 0.25) is 0 Å². The second kappa shape index (κ2) is 8.72. The van der Waals surface area contributed by atoms with Crippen LogP contribution < -0.4 is 5.32 Å². The molecule has 86 valence electrons. The third-order valence-electron chi connectivity index (χ3n) is 2.24. The van der Waals surface area contributed by atoms with E-state index in [-0.39, 0.29) is 19.0 Å². The highest BCUT2D eigenvalue weighted by Gasteiger charge is 1.98. The van der Waals surface area contributed by atoms with Crippen LogP contribution in [0.1, 0.15) is 12.5 Å². The molecule has 1 unspecified atom stereocenters. The number of hydrogen-bond donors (Lipinski definition) is 2. The number of rotatable bonds is 6. The van der Waals surface area contributed by atoms with E-state index in [9.17, 15) is 0 Å². The Morgan fingerprint density at radius 2 is 1.93 bits per heavy atom. The number of halogens is 1. The summed E-state index contributed by atoms with van der Waals surface area (Å²) in [6.45, 7) is 4.17. The molecule has 3 heteroatoms. The first-order valence-electron chi connectivity index (χ1n) is 5.18. The summed E-state index contributed by atoms with van der Waals surface area (Å²) < 4.78 is 0. The molecule has 0 fully saturated rings. The first-order valence-corrected chi connectivity index (χ1v) is 5.18. The standard InChI is InChI=1S/C12H19NO.ClH/c1-11(10-14)9-13-8-7-12-5-3-2-4-6-12;/h2-6,11,13-14H,7-10H2,1H3;1H. The van der Waals surface area contributed by atoms with E-state index in [1.807, 2.05) is 13.0 Å². The number of hydrogen-bond acceptors (Lipinski definition) is 2. The fourth-order valence-electron chi connectivity index (χ4n) is 1.29. The Labute approximate surface area is 98.1 Å². The predicted molar refractivity (Wildman–Crippen MR) is 66.5 cm³/mol. The molecule has 0 spiro atoms. The van der Waals surface area contributed by atoms with Crippen LogP contribution in [0.15, 0.2) is 30.3 Å². The summed E-state index contributed by atoms with van der Waals surface area (Å²) in [6, 6.07) is 10.4. The molecule has 0 radical (unpaired) electrons. The summed E-state index contributed by atoms with van der Waals surface area (Å²) >= 11 is 0. The van der Waals surface area contributed by atoms with E-state index in [1.165, 1.54) is 5.56 Å². The third-order valence-corrected chi connectivity index (χ3v) is 2.24. The van der Waals surface area contributed by atoms with Crippen LogP contribution in [-0.2, 0) is 6.42 Å². The molecule has 0 aromatic heterocycles. The van der Waals surface area contributed by atoms with Crippen molar-refractivity contribution in [2.45, 2.75) is 13.3 Å². The molecule has 2 nitrogen and oxygen atoms in total. The largest absolute Gasteiger partial charge is 0.396 e. The lowest BCUT2D eigenvalue weighted by Crippen LogP contribution is -2.25. The molecule has 0 amide bonds. The fourth-order valence-corrected chi connectivity index (χ4v) is 1.29. The molecule has 0 heterocycles. The minimum absolute atomic E-state index is 0. The molecule has 0 aliphatic rings. The summed E-state index contributed by atoms with van der Waals surface area (Å²) in [6.07, 6.45) is 1.05. The van der Waals surface area contributed by atoms with Crippen LogP contribution in [-0.4, -0.2) is 24.8 Å². The zero-order chi connectivity index (χ0) is 10.2. The van der Waals surface area contributed by atoms with Crippen molar-refractivity contribution in [3.8, 4) is 0 Å². The van der Waals surface area contributed by atoms with E-state index >= 15 is 0 Å². The number of nitrogens with one attached hydrogen (secondary N) is 1. The lowest BCUT2D eigenvalue weighted by Gasteiger charge is -2.09. The van der Waals surface area contributed by atoms with Crippen molar-refractivity contribution in [1.82, 2.24) is 5.32 Å². The molecule has 0 saturated heterocycles. The monoisotopic (exact) mass is 229 g/mol. The van der Waals surface area contributed by atoms with Gasteiger partial charge >= 0.3 is 0 Å². The van der Waals surface area contributed by atoms with Crippen molar-refractivity contribution >= 4 is 12.4 Å². The van der Waals surface area contributed by atoms with Gasteiger partial charge in [-0.25, -0.2) is 0 Å². The quantitative estimate of drug-likeness (QED) is 0.730. The maximum Gasteiger partial charge on any atom is 0.0468 e. The minimum atomic E-state index is 0. The Morgan fingerprint density at radius 1 is 1.27 bits per heavy atom. The van der Waals surface area contributed by atoms with E-state index < -0.39 is 0 Å². The predicted octanol–water partition coefficient (Wildman–Crippen LogP) is 1.87. The smallest absolute Gasteiger partial charge is 0.0468 e. The van der Waals surface area contributed by atoms with Gasteiger partial charge in [-0.15, -0.1) is 12.4 Å². The van der Waals surface area contributed by atoms with Crippen molar-refractivity contribution in [3.05, 3.63) is 35.9 Å². The average molecular weight is 230 g/mol. The first-order chi connectivity index (χ1) is 6.83. The Hall–Kier alpha value is -0.570. The summed E-state index contributed by atoms with van der Waals surface area (Å²) in [7, 11) is 0. The topological polar surface area (TPSA) is 32.3 Å². The molecule has 1 aromatic rings. The molecular formula is C12H20ClNO. The van der Waals surface area contributed by atoms with Crippen LogP contribution >= 0.6 is 12.4 Å². The number of benzene rings is 1. The lowest BCUT2D eigenvalue weighted by molar-refractivity contribution is 0.234. The van der Waals surface area contributed by atoms with E-state index in [0.29, 0.717) is 5.92 Å². The zero-order valence-electron chi connectivity index (χ0n) is 9.15. The zero-order valence-corrected chi connectivity index (χ0v) is 9.96. The van der Waals surface area contributed by atoms with Gasteiger partial charge in [0, 0.05) is 6.61 Å². The van der Waals surface area contributed by atoms with Gasteiger partial charge < -0.3 is 10.4 Å². The highest BCUT2D eigenvalue weighted by atomic mass is 35.5. The van der Waals surface area contributed by atoms with E-state index in [2.05, 4.69) is 29.6 Å². The fraction of sp³-hybridized carbons (Fsp3) is 0.500. The molecule has 2 N–H and O–H groups in total. The van der Waals surface area contributed by atoms with E-state index in [1.54, 1.807) is 0 Å². The van der Waals surface area contributed by atoms with Crippen molar-refractivity contribution in [2.24, 2.45) is 5.92 Å². The lowest BCUT2D eigenvalue weighted by atomic mass is 10.1. The van der Waals surface area contributed by atoms with Crippen molar-refractivity contribution in [3.63, 3.8) is 0 Å². The molecule has 0 aliphatic heterocycles. The molecule has 1 aromatic carbocycles. The maximum absolute atomic E-state index is 8.81. The van der Waals surface area contributed by atoms with Gasteiger partial charge in [-0.3, -0.25) is 0 Å². The van der Waals surface area contributed by atoms with Crippen LogP contribution in [0.2, 0.25) is 0 Å².